The summed E-state index contributed by atoms with van der Waals surface area (Å²) >= 11 is 0. The smallest absolute Gasteiger partial charge is 0.322 e. The molecule has 174 valence electrons. The van der Waals surface area contributed by atoms with Gasteiger partial charge in [0.1, 0.15) is 11.6 Å². The molecule has 0 bridgehead atoms. The normalized spacial score (nSPS) is 11.8. The van der Waals surface area contributed by atoms with Crippen molar-refractivity contribution >= 4 is 22.6 Å². The second kappa shape index (κ2) is 9.79. The maximum atomic E-state index is 13.6. The molecule has 0 saturated heterocycles. The van der Waals surface area contributed by atoms with Gasteiger partial charge < -0.3 is 15.0 Å². The molecule has 0 saturated carbocycles. The first-order valence-corrected chi connectivity index (χ1v) is 11.2. The summed E-state index contributed by atoms with van der Waals surface area (Å²) < 4.78 is 6.83. The molecule has 0 aliphatic carbocycles. The number of rotatable bonds is 6. The number of ether oxygens (including phenoxy) is 1. The predicted molar refractivity (Wildman–Crippen MR) is 135 cm³/mol. The minimum atomic E-state index is -0.492. The number of carbonyl (C=O) groups is 1. The van der Waals surface area contributed by atoms with Gasteiger partial charge in [0.15, 0.2) is 0 Å². The van der Waals surface area contributed by atoms with Crippen LogP contribution in [0.5, 0.6) is 5.75 Å². The Labute approximate surface area is 198 Å². The van der Waals surface area contributed by atoms with Gasteiger partial charge in [-0.25, -0.2) is 9.78 Å². The van der Waals surface area contributed by atoms with E-state index in [0.29, 0.717) is 33.9 Å². The number of methoxy groups -OCH3 is 1. The van der Waals surface area contributed by atoms with Crippen LogP contribution in [0.4, 0.5) is 10.5 Å². The van der Waals surface area contributed by atoms with Crippen molar-refractivity contribution in [2.24, 2.45) is 0 Å². The molecule has 1 N–H and O–H groups in total. The molecule has 2 amide bonds. The van der Waals surface area contributed by atoms with Crippen LogP contribution in [0.2, 0.25) is 0 Å². The van der Waals surface area contributed by atoms with Crippen molar-refractivity contribution in [3.63, 3.8) is 0 Å². The van der Waals surface area contributed by atoms with Gasteiger partial charge in [-0.2, -0.15) is 0 Å². The molecule has 4 rings (SSSR count). The third-order valence-corrected chi connectivity index (χ3v) is 6.00. The van der Waals surface area contributed by atoms with Crippen molar-refractivity contribution in [2.75, 3.05) is 19.5 Å². The van der Waals surface area contributed by atoms with Gasteiger partial charge in [-0.15, -0.1) is 0 Å². The van der Waals surface area contributed by atoms with Gasteiger partial charge >= 0.3 is 6.03 Å². The molecule has 4 aromatic rings. The predicted octanol–water partition coefficient (Wildman–Crippen LogP) is 5.18. The maximum Gasteiger partial charge on any atom is 0.322 e. The monoisotopic (exact) mass is 456 g/mol. The number of hydrogen-bond acceptors (Lipinski definition) is 4. The summed E-state index contributed by atoms with van der Waals surface area (Å²) in [6.45, 7) is 3.95. The van der Waals surface area contributed by atoms with Crippen LogP contribution < -0.4 is 15.6 Å². The van der Waals surface area contributed by atoms with Crippen molar-refractivity contribution in [2.45, 2.75) is 26.3 Å². The quantitative estimate of drug-likeness (QED) is 0.434. The standard InChI is InChI=1S/C27H28N4O3/c1-5-19-13-15-21(16-14-19)31-25(29-24-12-7-6-11-23(24)26(31)32)18(2)30(3)27(33)28-20-9-8-10-22(17-20)34-4/h6-18H,5H2,1-4H3,(H,28,33). The van der Waals surface area contributed by atoms with Crippen LogP contribution in [0, 0.1) is 0 Å². The van der Waals surface area contributed by atoms with Gasteiger partial charge in [-0.05, 0) is 55.3 Å². The first-order valence-electron chi connectivity index (χ1n) is 11.2. The molecule has 0 spiro atoms. The maximum absolute atomic E-state index is 13.6. The first kappa shape index (κ1) is 23.0. The van der Waals surface area contributed by atoms with E-state index in [1.165, 1.54) is 10.5 Å². The highest BCUT2D eigenvalue weighted by Crippen LogP contribution is 2.24. The van der Waals surface area contributed by atoms with E-state index in [1.807, 2.05) is 55.5 Å². The Hall–Kier alpha value is -4.13. The number of nitrogens with one attached hydrogen (secondary N) is 1. The number of amides is 2. The van der Waals surface area contributed by atoms with E-state index in [0.717, 1.165) is 6.42 Å². The van der Waals surface area contributed by atoms with Crippen LogP contribution in [0.15, 0.2) is 77.6 Å². The van der Waals surface area contributed by atoms with Crippen molar-refractivity contribution in [3.05, 3.63) is 94.5 Å². The highest BCUT2D eigenvalue weighted by Gasteiger charge is 2.24. The summed E-state index contributed by atoms with van der Waals surface area (Å²) in [7, 11) is 3.26. The van der Waals surface area contributed by atoms with E-state index in [9.17, 15) is 9.59 Å². The van der Waals surface area contributed by atoms with Crippen molar-refractivity contribution in [1.29, 1.82) is 0 Å². The van der Waals surface area contributed by atoms with E-state index in [-0.39, 0.29) is 11.6 Å². The van der Waals surface area contributed by atoms with Crippen LogP contribution in [-0.2, 0) is 6.42 Å². The summed E-state index contributed by atoms with van der Waals surface area (Å²) in [4.78, 5) is 33.0. The van der Waals surface area contributed by atoms with Gasteiger partial charge in [-0.1, -0.05) is 37.3 Å². The van der Waals surface area contributed by atoms with Crippen LogP contribution in [0.3, 0.4) is 0 Å². The zero-order valence-corrected chi connectivity index (χ0v) is 19.8. The van der Waals surface area contributed by atoms with Crippen molar-refractivity contribution in [3.8, 4) is 11.4 Å². The summed E-state index contributed by atoms with van der Waals surface area (Å²) in [5.74, 6) is 1.13. The van der Waals surface area contributed by atoms with E-state index < -0.39 is 6.04 Å². The number of anilines is 1. The van der Waals surface area contributed by atoms with Gasteiger partial charge in [0.2, 0.25) is 0 Å². The third-order valence-electron chi connectivity index (χ3n) is 6.00. The number of aromatic nitrogens is 2. The minimum absolute atomic E-state index is 0.168. The Balaban J connectivity index is 1.75. The average Bonchev–Trinajstić information content (AvgIpc) is 2.88. The third kappa shape index (κ3) is 4.50. The molecule has 1 heterocycles. The lowest BCUT2D eigenvalue weighted by atomic mass is 10.1. The molecule has 7 nitrogen and oxygen atoms in total. The largest absolute Gasteiger partial charge is 0.497 e. The number of para-hydroxylation sites is 1. The Morgan fingerprint density at radius 3 is 2.53 bits per heavy atom. The second-order valence-electron chi connectivity index (χ2n) is 8.10. The first-order chi connectivity index (χ1) is 16.4. The van der Waals surface area contributed by atoms with Crippen molar-refractivity contribution in [1.82, 2.24) is 14.5 Å². The molecule has 1 unspecified atom stereocenters. The van der Waals surface area contributed by atoms with Crippen LogP contribution in [0.1, 0.15) is 31.3 Å². The van der Waals surface area contributed by atoms with Crippen LogP contribution >= 0.6 is 0 Å². The van der Waals surface area contributed by atoms with E-state index in [2.05, 4.69) is 12.2 Å². The fraction of sp³-hybridized carbons (Fsp3) is 0.222. The van der Waals surface area contributed by atoms with E-state index in [1.54, 1.807) is 43.0 Å². The fourth-order valence-corrected chi connectivity index (χ4v) is 3.82. The number of hydrogen-bond donors (Lipinski definition) is 1. The van der Waals surface area contributed by atoms with Gasteiger partial charge in [-0.3, -0.25) is 9.36 Å². The fourth-order valence-electron chi connectivity index (χ4n) is 3.82. The minimum Gasteiger partial charge on any atom is -0.497 e. The molecule has 0 radical (unpaired) electrons. The molecule has 0 fully saturated rings. The van der Waals surface area contributed by atoms with Crippen LogP contribution in [-0.4, -0.2) is 34.6 Å². The van der Waals surface area contributed by atoms with Crippen molar-refractivity contribution < 1.29 is 9.53 Å². The molecule has 3 aromatic carbocycles. The molecule has 34 heavy (non-hydrogen) atoms. The number of nitrogens with zero attached hydrogens (tertiary/aromatic N) is 3. The molecule has 1 atom stereocenters. The molecule has 1 aromatic heterocycles. The molecular weight excluding hydrogens is 428 g/mol. The summed E-state index contributed by atoms with van der Waals surface area (Å²) in [6.07, 6.45) is 0.904. The summed E-state index contributed by atoms with van der Waals surface area (Å²) in [5.41, 5.74) is 2.93. The Morgan fingerprint density at radius 1 is 1.09 bits per heavy atom. The summed E-state index contributed by atoms with van der Waals surface area (Å²) in [6, 6.07) is 21.4. The number of benzene rings is 3. The SMILES string of the molecule is CCc1ccc(-n2c(C(C)N(C)C(=O)Nc3cccc(OC)c3)nc3ccccc3c2=O)cc1. The molecule has 0 aliphatic rings. The molecular formula is C27H28N4O3. The average molecular weight is 457 g/mol. The lowest BCUT2D eigenvalue weighted by Gasteiger charge is -2.27. The van der Waals surface area contributed by atoms with Gasteiger partial charge in [0.25, 0.3) is 5.56 Å². The number of aryl methyl sites for hydroxylation is 1. The Bertz CT molecular complexity index is 1380. The Morgan fingerprint density at radius 2 is 1.82 bits per heavy atom. The lowest BCUT2D eigenvalue weighted by molar-refractivity contribution is 0.205. The zero-order chi connectivity index (χ0) is 24.2. The number of carbonyl (C=O) groups excluding carboxylic acids is 1. The topological polar surface area (TPSA) is 76.5 Å². The second-order valence-corrected chi connectivity index (χ2v) is 8.10. The highest BCUT2D eigenvalue weighted by atomic mass is 16.5. The van der Waals surface area contributed by atoms with E-state index >= 15 is 0 Å². The zero-order valence-electron chi connectivity index (χ0n) is 19.8. The highest BCUT2D eigenvalue weighted by molar-refractivity contribution is 5.89. The molecule has 0 aliphatic heterocycles. The molecule has 7 heteroatoms. The van der Waals surface area contributed by atoms with Gasteiger partial charge in [0, 0.05) is 18.8 Å². The summed E-state index contributed by atoms with van der Waals surface area (Å²) in [5, 5.41) is 3.41. The Kier molecular flexibility index (Phi) is 6.63. The van der Waals surface area contributed by atoms with Crippen LogP contribution in [0.25, 0.3) is 16.6 Å². The van der Waals surface area contributed by atoms with Gasteiger partial charge in [0.05, 0.1) is 29.7 Å². The van der Waals surface area contributed by atoms with E-state index in [4.69, 9.17) is 9.72 Å². The lowest BCUT2D eigenvalue weighted by Crippen LogP contribution is -2.37. The number of urea groups is 1. The number of fused-ring (bicyclic) bond motifs is 1.